The monoisotopic (exact) mass is 266 g/mol. The highest BCUT2D eigenvalue weighted by Gasteiger charge is 2.48. The molecule has 2 N–H and O–H groups in total. The molecule has 3 heteroatoms. The molecule has 19 heavy (non-hydrogen) atoms. The zero-order valence-electron chi connectivity index (χ0n) is 12.4. The Balaban J connectivity index is 1.77. The van der Waals surface area contributed by atoms with Gasteiger partial charge in [0.15, 0.2) is 0 Å². The second-order valence-electron chi connectivity index (χ2n) is 6.88. The molecule has 1 aliphatic carbocycles. The van der Waals surface area contributed by atoms with Gasteiger partial charge in [-0.25, -0.2) is 0 Å². The van der Waals surface area contributed by atoms with Gasteiger partial charge in [0.2, 0.25) is 0 Å². The van der Waals surface area contributed by atoms with Crippen molar-refractivity contribution in [3.05, 3.63) is 0 Å². The van der Waals surface area contributed by atoms with Crippen molar-refractivity contribution in [3.63, 3.8) is 0 Å². The Bertz CT molecular complexity index is 309. The lowest BCUT2D eigenvalue weighted by molar-refractivity contribution is -0.0806. The third-order valence-corrected chi connectivity index (χ3v) is 5.98. The van der Waals surface area contributed by atoms with Gasteiger partial charge < -0.3 is 10.5 Å². The number of fused-ring (bicyclic) bond motifs is 1. The maximum atomic E-state index is 6.26. The molecule has 2 aliphatic heterocycles. The molecule has 3 fully saturated rings. The molecule has 2 saturated heterocycles. The first kappa shape index (κ1) is 13.8. The molecule has 0 aromatic carbocycles. The third kappa shape index (κ3) is 2.45. The van der Waals surface area contributed by atoms with Crippen molar-refractivity contribution in [2.75, 3.05) is 19.7 Å². The molecular formula is C16H30N2O. The van der Waals surface area contributed by atoms with E-state index in [-0.39, 0.29) is 5.54 Å². The molecule has 1 saturated carbocycles. The lowest BCUT2D eigenvalue weighted by Crippen LogP contribution is -2.60. The van der Waals surface area contributed by atoms with Crippen LogP contribution in [0.3, 0.4) is 0 Å². The van der Waals surface area contributed by atoms with E-state index in [9.17, 15) is 0 Å². The normalized spacial score (nSPS) is 44.2. The van der Waals surface area contributed by atoms with Crippen LogP contribution in [-0.4, -0.2) is 42.3 Å². The van der Waals surface area contributed by atoms with Crippen molar-refractivity contribution < 1.29 is 4.74 Å². The van der Waals surface area contributed by atoms with Gasteiger partial charge in [-0.05, 0) is 51.0 Å². The molecule has 2 heterocycles. The molecule has 0 radical (unpaired) electrons. The number of nitrogens with zero attached hydrogens (tertiary/aromatic N) is 1. The van der Waals surface area contributed by atoms with E-state index in [0.717, 1.165) is 44.4 Å². The molecular weight excluding hydrogens is 236 g/mol. The van der Waals surface area contributed by atoms with E-state index >= 15 is 0 Å². The van der Waals surface area contributed by atoms with Crippen LogP contribution in [0.15, 0.2) is 0 Å². The number of ether oxygens (including phenoxy) is 1. The Labute approximate surface area is 117 Å². The summed E-state index contributed by atoms with van der Waals surface area (Å²) in [5, 5.41) is 0. The highest BCUT2D eigenvalue weighted by molar-refractivity contribution is 5.03. The molecule has 3 aliphatic rings. The van der Waals surface area contributed by atoms with Crippen molar-refractivity contribution in [1.29, 1.82) is 0 Å². The standard InChI is InChI=1S/C16H30N2O/c1-2-14-11-16(12-17,8-10-19-14)18-9-7-13-5-3-4-6-15(13)18/h13-15H,2-12,17H2,1H3. The Morgan fingerprint density at radius 2 is 2.11 bits per heavy atom. The highest BCUT2D eigenvalue weighted by Crippen LogP contribution is 2.43. The van der Waals surface area contributed by atoms with E-state index in [1.807, 2.05) is 0 Å². The summed E-state index contributed by atoms with van der Waals surface area (Å²) in [6, 6.07) is 0.827. The molecule has 0 spiro atoms. The quantitative estimate of drug-likeness (QED) is 0.853. The van der Waals surface area contributed by atoms with E-state index in [2.05, 4.69) is 11.8 Å². The van der Waals surface area contributed by atoms with Crippen LogP contribution in [-0.2, 0) is 4.74 Å². The first-order chi connectivity index (χ1) is 9.29. The average molecular weight is 266 g/mol. The van der Waals surface area contributed by atoms with Gasteiger partial charge in [0, 0.05) is 24.7 Å². The number of likely N-dealkylation sites (tertiary alicyclic amines) is 1. The molecule has 110 valence electrons. The van der Waals surface area contributed by atoms with Crippen LogP contribution in [0, 0.1) is 5.92 Å². The van der Waals surface area contributed by atoms with Gasteiger partial charge in [-0.1, -0.05) is 19.8 Å². The van der Waals surface area contributed by atoms with Crippen LogP contribution in [0.25, 0.3) is 0 Å². The fourth-order valence-electron chi connectivity index (χ4n) is 4.82. The van der Waals surface area contributed by atoms with Gasteiger partial charge >= 0.3 is 0 Å². The van der Waals surface area contributed by atoms with Gasteiger partial charge in [0.1, 0.15) is 0 Å². The predicted molar refractivity (Wildman–Crippen MR) is 78.1 cm³/mol. The molecule has 0 amide bonds. The summed E-state index contributed by atoms with van der Waals surface area (Å²) in [5.74, 6) is 0.958. The lowest BCUT2D eigenvalue weighted by Gasteiger charge is -2.50. The first-order valence-electron chi connectivity index (χ1n) is 8.37. The predicted octanol–water partition coefficient (Wildman–Crippen LogP) is 2.54. The SMILES string of the molecule is CCC1CC(CN)(N2CCC3CCCCC32)CCO1. The minimum Gasteiger partial charge on any atom is -0.378 e. The molecule has 0 aromatic rings. The fraction of sp³-hybridized carbons (Fsp3) is 1.00. The summed E-state index contributed by atoms with van der Waals surface area (Å²) in [6.07, 6.45) is 11.0. The van der Waals surface area contributed by atoms with Gasteiger partial charge in [-0.3, -0.25) is 4.90 Å². The summed E-state index contributed by atoms with van der Waals surface area (Å²) in [7, 11) is 0. The number of hydrogen-bond donors (Lipinski definition) is 1. The zero-order valence-corrected chi connectivity index (χ0v) is 12.4. The van der Waals surface area contributed by atoms with Crippen molar-refractivity contribution >= 4 is 0 Å². The average Bonchev–Trinajstić information content (AvgIpc) is 2.91. The maximum absolute atomic E-state index is 6.26. The van der Waals surface area contributed by atoms with Gasteiger partial charge in [0.05, 0.1) is 6.10 Å². The third-order valence-electron chi connectivity index (χ3n) is 5.98. The van der Waals surface area contributed by atoms with Gasteiger partial charge in [-0.2, -0.15) is 0 Å². The molecule has 3 rings (SSSR count). The largest absolute Gasteiger partial charge is 0.378 e. The molecule has 4 unspecified atom stereocenters. The first-order valence-corrected chi connectivity index (χ1v) is 8.37. The number of rotatable bonds is 3. The minimum atomic E-state index is 0.246. The van der Waals surface area contributed by atoms with Gasteiger partial charge in [0.25, 0.3) is 0 Å². The Morgan fingerprint density at radius 3 is 2.89 bits per heavy atom. The summed E-state index contributed by atoms with van der Waals surface area (Å²) in [6.45, 7) is 5.24. The number of nitrogens with two attached hydrogens (primary N) is 1. The number of hydrogen-bond acceptors (Lipinski definition) is 3. The van der Waals surface area contributed by atoms with E-state index in [1.54, 1.807) is 0 Å². The van der Waals surface area contributed by atoms with E-state index in [1.165, 1.54) is 38.6 Å². The second-order valence-corrected chi connectivity index (χ2v) is 6.88. The Kier molecular flexibility index (Phi) is 4.16. The van der Waals surface area contributed by atoms with E-state index in [0.29, 0.717) is 6.10 Å². The molecule has 3 nitrogen and oxygen atoms in total. The second kappa shape index (κ2) is 5.71. The molecule has 4 atom stereocenters. The topological polar surface area (TPSA) is 38.5 Å². The minimum absolute atomic E-state index is 0.246. The van der Waals surface area contributed by atoms with Crippen LogP contribution in [0.5, 0.6) is 0 Å². The zero-order chi connectivity index (χ0) is 13.3. The van der Waals surface area contributed by atoms with E-state index in [4.69, 9.17) is 10.5 Å². The Morgan fingerprint density at radius 1 is 1.26 bits per heavy atom. The summed E-state index contributed by atoms with van der Waals surface area (Å²) < 4.78 is 5.90. The summed E-state index contributed by atoms with van der Waals surface area (Å²) >= 11 is 0. The van der Waals surface area contributed by atoms with Crippen molar-refractivity contribution in [3.8, 4) is 0 Å². The van der Waals surface area contributed by atoms with Crippen molar-refractivity contribution in [2.24, 2.45) is 11.7 Å². The van der Waals surface area contributed by atoms with Crippen LogP contribution >= 0.6 is 0 Å². The van der Waals surface area contributed by atoms with E-state index < -0.39 is 0 Å². The fourth-order valence-corrected chi connectivity index (χ4v) is 4.82. The van der Waals surface area contributed by atoms with Crippen LogP contribution < -0.4 is 5.73 Å². The maximum Gasteiger partial charge on any atom is 0.0590 e. The summed E-state index contributed by atoms with van der Waals surface area (Å²) in [4.78, 5) is 2.82. The van der Waals surface area contributed by atoms with Crippen molar-refractivity contribution in [1.82, 2.24) is 4.90 Å². The highest BCUT2D eigenvalue weighted by atomic mass is 16.5. The lowest BCUT2D eigenvalue weighted by atomic mass is 9.80. The Hall–Kier alpha value is -0.120. The summed E-state index contributed by atoms with van der Waals surface area (Å²) in [5.41, 5.74) is 6.51. The van der Waals surface area contributed by atoms with Crippen LogP contribution in [0.4, 0.5) is 0 Å². The molecule has 0 bridgehead atoms. The molecule has 0 aromatic heterocycles. The van der Waals surface area contributed by atoms with Crippen molar-refractivity contribution in [2.45, 2.75) is 76.0 Å². The van der Waals surface area contributed by atoms with Crippen LogP contribution in [0.1, 0.15) is 58.3 Å². The van der Waals surface area contributed by atoms with Gasteiger partial charge in [-0.15, -0.1) is 0 Å². The van der Waals surface area contributed by atoms with Crippen LogP contribution in [0.2, 0.25) is 0 Å². The smallest absolute Gasteiger partial charge is 0.0590 e.